The molecule has 2 rings (SSSR count). The lowest BCUT2D eigenvalue weighted by Gasteiger charge is -2.27. The smallest absolute Gasteiger partial charge is 0.326 e. The number of carbonyl (C=O) groups is 1. The number of ether oxygens (including phenoxy) is 1. The Balaban J connectivity index is 2.73. The molecule has 0 aliphatic rings. The molecule has 0 spiro atoms. The summed E-state index contributed by atoms with van der Waals surface area (Å²) in [7, 11) is -2.95. The van der Waals surface area contributed by atoms with Gasteiger partial charge in [0.1, 0.15) is 11.4 Å². The summed E-state index contributed by atoms with van der Waals surface area (Å²) in [6.07, 6.45) is 0. The molecule has 0 N–H and O–H groups in total. The monoisotopic (exact) mass is 415 g/mol. The molecule has 0 fully saturated rings. The highest BCUT2D eigenvalue weighted by atomic mass is 35.5. The number of hydrogen-bond acceptors (Lipinski definition) is 4. The van der Waals surface area contributed by atoms with Crippen LogP contribution in [0.1, 0.15) is 16.7 Å². The lowest BCUT2D eigenvalue weighted by molar-refractivity contribution is -0.138. The second-order valence-electron chi connectivity index (χ2n) is 5.91. The zero-order valence-electron chi connectivity index (χ0n) is 14.8. The van der Waals surface area contributed by atoms with E-state index in [0.29, 0.717) is 16.8 Å². The first-order valence-corrected chi connectivity index (χ1v) is 9.90. The first-order chi connectivity index (χ1) is 12.1. The van der Waals surface area contributed by atoms with Gasteiger partial charge in [-0.1, -0.05) is 40.9 Å². The van der Waals surface area contributed by atoms with Crippen LogP contribution in [0.2, 0.25) is 10.0 Å². The number of halogens is 2. The van der Waals surface area contributed by atoms with Crippen LogP contribution in [-0.2, 0) is 19.6 Å². The quantitative estimate of drug-likeness (QED) is 0.683. The van der Waals surface area contributed by atoms with Crippen molar-refractivity contribution in [2.24, 2.45) is 0 Å². The van der Waals surface area contributed by atoms with Gasteiger partial charge in [0, 0.05) is 5.02 Å². The first-order valence-electron chi connectivity index (χ1n) is 7.70. The standard InChI is InChI=1S/C18H19Cl2NO4S/c1-11-7-12(2)18(13(3)8-11)21(10-17(22)25-4)26(23,24)16-9-14(19)5-6-15(16)20/h5-9H,10H2,1-4H3. The summed E-state index contributed by atoms with van der Waals surface area (Å²) in [5.74, 6) is -0.689. The second-order valence-corrected chi connectivity index (χ2v) is 8.58. The second kappa shape index (κ2) is 7.86. The molecular formula is C18H19Cl2NO4S. The molecule has 2 aromatic rings. The zero-order chi connectivity index (χ0) is 19.6. The topological polar surface area (TPSA) is 63.7 Å². The third kappa shape index (κ3) is 4.14. The maximum absolute atomic E-state index is 13.3. The predicted molar refractivity (Wildman–Crippen MR) is 104 cm³/mol. The van der Waals surface area contributed by atoms with Crippen LogP contribution in [0, 0.1) is 20.8 Å². The van der Waals surface area contributed by atoms with Gasteiger partial charge in [0.05, 0.1) is 17.8 Å². The predicted octanol–water partition coefficient (Wildman–Crippen LogP) is 4.29. The maximum atomic E-state index is 13.3. The molecule has 0 amide bonds. The molecule has 0 aliphatic heterocycles. The summed E-state index contributed by atoms with van der Waals surface area (Å²) in [6, 6.07) is 7.86. The summed E-state index contributed by atoms with van der Waals surface area (Å²) < 4.78 is 32.3. The van der Waals surface area contributed by atoms with E-state index >= 15 is 0 Å². The van der Waals surface area contributed by atoms with Gasteiger partial charge in [0.25, 0.3) is 10.0 Å². The molecule has 0 heterocycles. The molecule has 0 saturated heterocycles. The Morgan fingerprint density at radius 1 is 1.08 bits per heavy atom. The van der Waals surface area contributed by atoms with E-state index in [2.05, 4.69) is 4.74 Å². The first kappa shape index (κ1) is 20.6. The number of nitrogens with zero attached hydrogens (tertiary/aromatic N) is 1. The van der Waals surface area contributed by atoms with Crippen molar-refractivity contribution in [3.8, 4) is 0 Å². The lowest BCUT2D eigenvalue weighted by atomic mass is 10.1. The number of esters is 1. The number of rotatable bonds is 5. The number of sulfonamides is 1. The van der Waals surface area contributed by atoms with Crippen molar-refractivity contribution in [3.63, 3.8) is 0 Å². The Morgan fingerprint density at radius 3 is 2.19 bits per heavy atom. The molecule has 0 aliphatic carbocycles. The van der Waals surface area contributed by atoms with Crippen molar-refractivity contribution in [2.45, 2.75) is 25.7 Å². The van der Waals surface area contributed by atoms with E-state index in [1.165, 1.54) is 25.3 Å². The third-order valence-corrected chi connectivity index (χ3v) is 6.31. The number of hydrogen-bond donors (Lipinski definition) is 0. The van der Waals surface area contributed by atoms with Gasteiger partial charge < -0.3 is 4.74 Å². The van der Waals surface area contributed by atoms with Gasteiger partial charge >= 0.3 is 5.97 Å². The van der Waals surface area contributed by atoms with E-state index in [1.54, 1.807) is 13.8 Å². The summed E-state index contributed by atoms with van der Waals surface area (Å²) >= 11 is 12.1. The summed E-state index contributed by atoms with van der Waals surface area (Å²) in [5.41, 5.74) is 2.83. The van der Waals surface area contributed by atoms with Gasteiger partial charge in [0.2, 0.25) is 0 Å². The van der Waals surface area contributed by atoms with Crippen LogP contribution < -0.4 is 4.31 Å². The Bertz CT molecular complexity index is 935. The highest BCUT2D eigenvalue weighted by Crippen LogP contribution is 2.34. The molecule has 5 nitrogen and oxygen atoms in total. The van der Waals surface area contributed by atoms with Crippen molar-refractivity contribution in [1.82, 2.24) is 0 Å². The molecule has 0 saturated carbocycles. The Labute approximate surface area is 163 Å². The van der Waals surface area contributed by atoms with Crippen LogP contribution in [0.25, 0.3) is 0 Å². The highest BCUT2D eigenvalue weighted by molar-refractivity contribution is 7.93. The number of aryl methyl sites for hydroxylation is 3. The van der Waals surface area contributed by atoms with Crippen LogP contribution in [0.5, 0.6) is 0 Å². The Kier molecular flexibility index (Phi) is 6.21. The fourth-order valence-electron chi connectivity index (χ4n) is 2.83. The van der Waals surface area contributed by atoms with E-state index in [-0.39, 0.29) is 14.9 Å². The van der Waals surface area contributed by atoms with Crippen LogP contribution in [0.15, 0.2) is 35.2 Å². The molecule has 140 valence electrons. The Morgan fingerprint density at radius 2 is 1.65 bits per heavy atom. The van der Waals surface area contributed by atoms with E-state index in [9.17, 15) is 13.2 Å². The normalized spacial score (nSPS) is 11.3. The van der Waals surface area contributed by atoms with Crippen molar-refractivity contribution in [1.29, 1.82) is 0 Å². The number of methoxy groups -OCH3 is 1. The van der Waals surface area contributed by atoms with Gasteiger partial charge in [-0.2, -0.15) is 0 Å². The molecular weight excluding hydrogens is 397 g/mol. The fourth-order valence-corrected chi connectivity index (χ4v) is 5.10. The van der Waals surface area contributed by atoms with Gasteiger partial charge in [-0.05, 0) is 50.1 Å². The van der Waals surface area contributed by atoms with Crippen LogP contribution in [0.4, 0.5) is 5.69 Å². The lowest BCUT2D eigenvalue weighted by Crippen LogP contribution is -2.37. The highest BCUT2D eigenvalue weighted by Gasteiger charge is 2.31. The molecule has 0 atom stereocenters. The van der Waals surface area contributed by atoms with Crippen molar-refractivity contribution in [2.75, 3.05) is 18.0 Å². The van der Waals surface area contributed by atoms with Gasteiger partial charge in [0.15, 0.2) is 0 Å². The van der Waals surface area contributed by atoms with Crippen molar-refractivity contribution in [3.05, 3.63) is 57.1 Å². The average molecular weight is 416 g/mol. The Hall–Kier alpha value is -1.76. The summed E-state index contributed by atoms with van der Waals surface area (Å²) in [6.45, 7) is 5.01. The third-order valence-electron chi connectivity index (χ3n) is 3.85. The van der Waals surface area contributed by atoms with Crippen LogP contribution >= 0.6 is 23.2 Å². The minimum atomic E-state index is -4.15. The number of carbonyl (C=O) groups excluding carboxylic acids is 1. The van der Waals surface area contributed by atoms with Crippen molar-refractivity contribution >= 4 is 44.9 Å². The van der Waals surface area contributed by atoms with Gasteiger partial charge in [-0.15, -0.1) is 0 Å². The molecule has 0 unspecified atom stereocenters. The van der Waals surface area contributed by atoms with E-state index < -0.39 is 22.5 Å². The fraction of sp³-hybridized carbons (Fsp3) is 0.278. The van der Waals surface area contributed by atoms with E-state index in [4.69, 9.17) is 23.2 Å². The molecule has 26 heavy (non-hydrogen) atoms. The van der Waals surface area contributed by atoms with Gasteiger partial charge in [-0.3, -0.25) is 9.10 Å². The molecule has 0 aromatic heterocycles. The summed E-state index contributed by atoms with van der Waals surface area (Å²) in [5, 5.41) is 0.245. The molecule has 0 radical (unpaired) electrons. The largest absolute Gasteiger partial charge is 0.468 e. The zero-order valence-corrected chi connectivity index (χ0v) is 17.2. The van der Waals surface area contributed by atoms with E-state index in [1.807, 2.05) is 19.1 Å². The van der Waals surface area contributed by atoms with Gasteiger partial charge in [-0.25, -0.2) is 8.42 Å². The average Bonchev–Trinajstić information content (AvgIpc) is 2.54. The minimum Gasteiger partial charge on any atom is -0.468 e. The van der Waals surface area contributed by atoms with Crippen molar-refractivity contribution < 1.29 is 17.9 Å². The molecule has 8 heteroatoms. The minimum absolute atomic E-state index is 0.0201. The summed E-state index contributed by atoms with van der Waals surface area (Å²) in [4.78, 5) is 11.8. The number of anilines is 1. The SMILES string of the molecule is COC(=O)CN(c1c(C)cc(C)cc1C)S(=O)(=O)c1cc(Cl)ccc1Cl. The maximum Gasteiger partial charge on any atom is 0.326 e. The molecule has 2 aromatic carbocycles. The molecule has 0 bridgehead atoms. The van der Waals surface area contributed by atoms with E-state index in [0.717, 1.165) is 9.87 Å². The number of benzene rings is 2. The van der Waals surface area contributed by atoms with Crippen LogP contribution in [-0.4, -0.2) is 28.0 Å². The van der Waals surface area contributed by atoms with Crippen LogP contribution in [0.3, 0.4) is 0 Å².